The van der Waals surface area contributed by atoms with Crippen molar-refractivity contribution in [2.24, 2.45) is 0 Å². The van der Waals surface area contributed by atoms with Crippen molar-refractivity contribution >= 4 is 5.97 Å². The van der Waals surface area contributed by atoms with E-state index in [9.17, 15) is 13.6 Å². The number of carbonyl (C=O) groups is 1. The molecule has 0 N–H and O–H groups in total. The summed E-state index contributed by atoms with van der Waals surface area (Å²) >= 11 is 0. The molecular weight excluding hydrogens is 214 g/mol. The van der Waals surface area contributed by atoms with Gasteiger partial charge in [0.05, 0.1) is 12.5 Å². The van der Waals surface area contributed by atoms with Gasteiger partial charge in [-0.1, -0.05) is 0 Å². The average Bonchev–Trinajstić information content (AvgIpc) is 2.14. The Morgan fingerprint density at radius 2 is 1.69 bits per heavy atom. The number of benzene rings is 1. The minimum atomic E-state index is -1.34. The first-order chi connectivity index (χ1) is 7.30. The zero-order chi connectivity index (χ0) is 12.5. The lowest BCUT2D eigenvalue weighted by Crippen LogP contribution is -2.32. The van der Waals surface area contributed by atoms with Crippen molar-refractivity contribution in [3.63, 3.8) is 0 Å². The van der Waals surface area contributed by atoms with Crippen molar-refractivity contribution in [3.05, 3.63) is 34.9 Å². The number of hydrogen-bond acceptors (Lipinski definition) is 2. The highest BCUT2D eigenvalue weighted by molar-refractivity contribution is 5.82. The summed E-state index contributed by atoms with van der Waals surface area (Å²) in [5, 5.41) is 0. The van der Waals surface area contributed by atoms with Gasteiger partial charge in [0.1, 0.15) is 11.6 Å². The highest BCUT2D eigenvalue weighted by Gasteiger charge is 2.36. The molecule has 0 amide bonds. The average molecular weight is 228 g/mol. The number of hydrogen-bond donors (Lipinski definition) is 0. The van der Waals surface area contributed by atoms with Gasteiger partial charge >= 0.3 is 5.97 Å². The van der Waals surface area contributed by atoms with Gasteiger partial charge in [-0.05, 0) is 38.5 Å². The van der Waals surface area contributed by atoms with Gasteiger partial charge in [0.2, 0.25) is 0 Å². The zero-order valence-corrected chi connectivity index (χ0v) is 9.73. The number of ether oxygens (including phenoxy) is 1. The molecule has 0 unspecified atom stereocenters. The molecule has 0 saturated carbocycles. The smallest absolute Gasteiger partial charge is 0.315 e. The number of aryl methyl sites for hydroxylation is 1. The van der Waals surface area contributed by atoms with E-state index < -0.39 is 23.0 Å². The van der Waals surface area contributed by atoms with Crippen LogP contribution in [0.5, 0.6) is 0 Å². The SMILES string of the molecule is COC(=O)C(C)(C)c1c(F)cc(C)cc1F. The Bertz CT molecular complexity index is 402. The van der Waals surface area contributed by atoms with E-state index in [0.29, 0.717) is 5.56 Å². The van der Waals surface area contributed by atoms with Crippen LogP contribution < -0.4 is 0 Å². The highest BCUT2D eigenvalue weighted by Crippen LogP contribution is 2.30. The van der Waals surface area contributed by atoms with Crippen LogP contribution in [0.15, 0.2) is 12.1 Å². The first kappa shape index (κ1) is 12.6. The van der Waals surface area contributed by atoms with E-state index in [1.54, 1.807) is 6.92 Å². The monoisotopic (exact) mass is 228 g/mol. The highest BCUT2D eigenvalue weighted by atomic mass is 19.1. The standard InChI is InChI=1S/C12H14F2O2/c1-7-5-8(13)10(9(14)6-7)12(2,3)11(15)16-4/h5-6H,1-4H3. The van der Waals surface area contributed by atoms with Gasteiger partial charge in [0.15, 0.2) is 0 Å². The molecule has 16 heavy (non-hydrogen) atoms. The summed E-state index contributed by atoms with van der Waals surface area (Å²) < 4.78 is 31.8. The number of methoxy groups -OCH3 is 1. The molecule has 4 heteroatoms. The van der Waals surface area contributed by atoms with Gasteiger partial charge < -0.3 is 4.74 Å². The predicted molar refractivity (Wildman–Crippen MR) is 56.1 cm³/mol. The van der Waals surface area contributed by atoms with Gasteiger partial charge in [-0.25, -0.2) is 8.78 Å². The van der Waals surface area contributed by atoms with Crippen molar-refractivity contribution in [1.82, 2.24) is 0 Å². The summed E-state index contributed by atoms with van der Waals surface area (Å²) in [6, 6.07) is 2.40. The van der Waals surface area contributed by atoms with E-state index in [-0.39, 0.29) is 5.56 Å². The molecule has 1 aromatic carbocycles. The fourth-order valence-corrected chi connectivity index (χ4v) is 1.65. The van der Waals surface area contributed by atoms with E-state index in [0.717, 1.165) is 0 Å². The molecule has 0 radical (unpaired) electrons. The summed E-state index contributed by atoms with van der Waals surface area (Å²) in [7, 11) is 1.19. The fourth-order valence-electron chi connectivity index (χ4n) is 1.65. The van der Waals surface area contributed by atoms with E-state index in [1.807, 2.05) is 0 Å². The normalized spacial score (nSPS) is 11.4. The Hall–Kier alpha value is -1.45. The lowest BCUT2D eigenvalue weighted by atomic mass is 9.83. The third kappa shape index (κ3) is 2.05. The van der Waals surface area contributed by atoms with Gasteiger partial charge in [-0.3, -0.25) is 4.79 Å². The molecule has 2 nitrogen and oxygen atoms in total. The third-order valence-electron chi connectivity index (χ3n) is 2.51. The van der Waals surface area contributed by atoms with Crippen LogP contribution in [-0.2, 0) is 14.9 Å². The Balaban J connectivity index is 3.38. The van der Waals surface area contributed by atoms with Crippen LogP contribution in [0.25, 0.3) is 0 Å². The second-order valence-corrected chi connectivity index (χ2v) is 4.22. The quantitative estimate of drug-likeness (QED) is 0.727. The van der Waals surface area contributed by atoms with Gasteiger partial charge in [0, 0.05) is 5.56 Å². The molecule has 88 valence electrons. The summed E-state index contributed by atoms with van der Waals surface area (Å²) in [5.74, 6) is -2.13. The van der Waals surface area contributed by atoms with Crippen molar-refractivity contribution in [2.75, 3.05) is 7.11 Å². The van der Waals surface area contributed by atoms with Crippen LogP contribution in [0.4, 0.5) is 8.78 Å². The molecule has 0 aromatic heterocycles. The van der Waals surface area contributed by atoms with Crippen LogP contribution in [0.1, 0.15) is 25.0 Å². The molecule has 0 saturated heterocycles. The molecule has 1 aromatic rings. The summed E-state index contributed by atoms with van der Waals surface area (Å²) in [6.07, 6.45) is 0. The van der Waals surface area contributed by atoms with Gasteiger partial charge in [-0.15, -0.1) is 0 Å². The minimum Gasteiger partial charge on any atom is -0.468 e. The molecule has 0 spiro atoms. The number of halogens is 2. The van der Waals surface area contributed by atoms with Crippen LogP contribution in [0.3, 0.4) is 0 Å². The molecule has 0 heterocycles. The van der Waals surface area contributed by atoms with Crippen molar-refractivity contribution in [3.8, 4) is 0 Å². The maximum atomic E-state index is 13.7. The largest absolute Gasteiger partial charge is 0.468 e. The number of rotatable bonds is 2. The molecule has 0 aliphatic rings. The Labute approximate surface area is 93.2 Å². The lowest BCUT2D eigenvalue weighted by molar-refractivity contribution is -0.146. The molecular formula is C12H14F2O2. The van der Waals surface area contributed by atoms with Gasteiger partial charge in [-0.2, -0.15) is 0 Å². The van der Waals surface area contributed by atoms with Crippen LogP contribution in [0, 0.1) is 18.6 Å². The summed E-state index contributed by atoms with van der Waals surface area (Å²) in [6.45, 7) is 4.44. The van der Waals surface area contributed by atoms with E-state index >= 15 is 0 Å². The molecule has 0 bridgehead atoms. The van der Waals surface area contributed by atoms with Crippen molar-refractivity contribution in [1.29, 1.82) is 0 Å². The van der Waals surface area contributed by atoms with E-state index in [4.69, 9.17) is 0 Å². The van der Waals surface area contributed by atoms with Crippen LogP contribution >= 0.6 is 0 Å². The maximum absolute atomic E-state index is 13.7. The van der Waals surface area contributed by atoms with Crippen molar-refractivity contribution in [2.45, 2.75) is 26.2 Å². The van der Waals surface area contributed by atoms with E-state index in [1.165, 1.54) is 33.1 Å². The Morgan fingerprint density at radius 1 is 1.25 bits per heavy atom. The number of carbonyl (C=O) groups excluding carboxylic acids is 1. The fraction of sp³-hybridized carbons (Fsp3) is 0.417. The predicted octanol–water partition coefficient (Wildman–Crippen LogP) is 2.72. The van der Waals surface area contributed by atoms with Gasteiger partial charge in [0.25, 0.3) is 0 Å². The summed E-state index contributed by atoms with van der Waals surface area (Å²) in [4.78, 5) is 11.5. The Morgan fingerprint density at radius 3 is 2.06 bits per heavy atom. The minimum absolute atomic E-state index is 0.259. The topological polar surface area (TPSA) is 26.3 Å². The molecule has 0 atom stereocenters. The van der Waals surface area contributed by atoms with Crippen LogP contribution in [-0.4, -0.2) is 13.1 Å². The second kappa shape index (κ2) is 4.20. The van der Waals surface area contributed by atoms with Crippen LogP contribution in [0.2, 0.25) is 0 Å². The lowest BCUT2D eigenvalue weighted by Gasteiger charge is -2.23. The molecule has 0 aliphatic heterocycles. The van der Waals surface area contributed by atoms with Crippen molar-refractivity contribution < 1.29 is 18.3 Å². The third-order valence-corrected chi connectivity index (χ3v) is 2.51. The second-order valence-electron chi connectivity index (χ2n) is 4.22. The zero-order valence-electron chi connectivity index (χ0n) is 9.73. The summed E-state index contributed by atoms with van der Waals surface area (Å²) in [5.41, 5.74) is -1.12. The first-order valence-electron chi connectivity index (χ1n) is 4.85. The Kier molecular flexibility index (Phi) is 3.31. The molecule has 0 fully saturated rings. The molecule has 0 aliphatic carbocycles. The number of esters is 1. The van der Waals surface area contributed by atoms with E-state index in [2.05, 4.69) is 4.74 Å². The first-order valence-corrected chi connectivity index (χ1v) is 4.85. The maximum Gasteiger partial charge on any atom is 0.315 e. The molecule has 1 rings (SSSR count).